The fourth-order valence-electron chi connectivity index (χ4n) is 3.14. The highest BCUT2D eigenvalue weighted by molar-refractivity contribution is 9.12. The maximum absolute atomic E-state index is 12.2. The van der Waals surface area contributed by atoms with Crippen LogP contribution in [-0.2, 0) is 4.79 Å². The molecule has 0 aromatic heterocycles. The molecule has 2 aliphatic rings. The number of allylic oxidation sites excluding steroid dienone is 2. The molecule has 0 radical (unpaired) electrons. The van der Waals surface area contributed by atoms with Gasteiger partial charge in [0.05, 0.1) is 9.51 Å². The van der Waals surface area contributed by atoms with E-state index in [1.165, 1.54) is 6.07 Å². The Morgan fingerprint density at radius 1 is 1.16 bits per heavy atom. The van der Waals surface area contributed by atoms with Crippen LogP contribution in [0.4, 0.5) is 0 Å². The second-order valence-electron chi connectivity index (χ2n) is 5.00. The summed E-state index contributed by atoms with van der Waals surface area (Å²) in [6.45, 7) is 0. The van der Waals surface area contributed by atoms with Crippen LogP contribution < -0.4 is 0 Å². The van der Waals surface area contributed by atoms with E-state index in [1.807, 2.05) is 0 Å². The Kier molecular flexibility index (Phi) is 3.40. The van der Waals surface area contributed by atoms with Gasteiger partial charge in [0.1, 0.15) is 10.8 Å². The summed E-state index contributed by atoms with van der Waals surface area (Å²) in [4.78, 5) is 12.2. The molecule has 5 heteroatoms. The van der Waals surface area contributed by atoms with Crippen molar-refractivity contribution < 1.29 is 9.90 Å². The molecule has 0 saturated heterocycles. The molecule has 2 atom stereocenters. The maximum Gasteiger partial charge on any atom is 0.173 e. The predicted octanol–water partition coefficient (Wildman–Crippen LogP) is 4.80. The van der Waals surface area contributed by atoms with E-state index in [2.05, 4.69) is 15.9 Å². The van der Waals surface area contributed by atoms with Gasteiger partial charge in [0, 0.05) is 5.92 Å². The zero-order chi connectivity index (χ0) is 13.7. The van der Waals surface area contributed by atoms with Crippen molar-refractivity contribution in [2.24, 2.45) is 11.8 Å². The summed E-state index contributed by atoms with van der Waals surface area (Å²) in [5.41, 5.74) is 1.69. The van der Waals surface area contributed by atoms with Gasteiger partial charge >= 0.3 is 0 Å². The molecule has 2 unspecified atom stereocenters. The van der Waals surface area contributed by atoms with Gasteiger partial charge in [0.2, 0.25) is 0 Å². The van der Waals surface area contributed by atoms with Gasteiger partial charge in [0.15, 0.2) is 5.78 Å². The number of phenolic OH excluding ortho intramolecular Hbond substituents is 1. The molecule has 2 nitrogen and oxygen atoms in total. The van der Waals surface area contributed by atoms with Gasteiger partial charge < -0.3 is 5.11 Å². The molecule has 0 amide bonds. The van der Waals surface area contributed by atoms with Crippen LogP contribution in [0.1, 0.15) is 24.8 Å². The Morgan fingerprint density at radius 2 is 1.84 bits per heavy atom. The molecule has 1 fully saturated rings. The topological polar surface area (TPSA) is 37.3 Å². The first-order valence-electron chi connectivity index (χ1n) is 6.13. The van der Waals surface area contributed by atoms with Crippen molar-refractivity contribution >= 4 is 50.5 Å². The van der Waals surface area contributed by atoms with Gasteiger partial charge in [-0.3, -0.25) is 4.79 Å². The zero-order valence-corrected chi connectivity index (χ0v) is 13.0. The molecular formula is C14H11BrCl2O2. The Bertz CT molecular complexity index is 610. The summed E-state index contributed by atoms with van der Waals surface area (Å²) in [6.07, 6.45) is 3.00. The fourth-order valence-corrected chi connectivity index (χ4v) is 4.37. The molecule has 3 rings (SSSR count). The van der Waals surface area contributed by atoms with E-state index in [1.54, 1.807) is 6.07 Å². The number of carbonyl (C=O) groups excluding carboxylic acids is 1. The van der Waals surface area contributed by atoms with Crippen molar-refractivity contribution in [2.75, 3.05) is 0 Å². The van der Waals surface area contributed by atoms with E-state index in [4.69, 9.17) is 23.2 Å². The average Bonchev–Trinajstić information content (AvgIpc) is 2.94. The van der Waals surface area contributed by atoms with E-state index < -0.39 is 0 Å². The third-order valence-corrected chi connectivity index (χ3v) is 5.72. The summed E-state index contributed by atoms with van der Waals surface area (Å²) >= 11 is 15.6. The highest BCUT2D eigenvalue weighted by atomic mass is 79.9. The largest absolute Gasteiger partial charge is 0.506 e. The molecule has 100 valence electrons. The second kappa shape index (κ2) is 4.80. The SMILES string of the molecule is O=C1C(Br)=C(c2ccc(O)c(Cl)c2Cl)C2CCCC12. The van der Waals surface area contributed by atoms with Crippen LogP contribution in [-0.4, -0.2) is 10.9 Å². The smallest absolute Gasteiger partial charge is 0.173 e. The highest BCUT2D eigenvalue weighted by Gasteiger charge is 2.44. The summed E-state index contributed by atoms with van der Waals surface area (Å²) in [6, 6.07) is 3.25. The standard InChI is InChI=1S/C14H11BrCl2O2/c15-11-10(6-2-1-3-7(6)14(11)19)8-4-5-9(18)13(17)12(8)16/h4-7,18H,1-3H2. The number of hydrogen-bond acceptors (Lipinski definition) is 2. The van der Waals surface area contributed by atoms with Crippen molar-refractivity contribution in [3.63, 3.8) is 0 Å². The molecule has 0 aliphatic heterocycles. The van der Waals surface area contributed by atoms with Gasteiger partial charge in [-0.05, 0) is 58.0 Å². The van der Waals surface area contributed by atoms with Crippen LogP contribution in [0.5, 0.6) is 5.75 Å². The number of rotatable bonds is 1. The normalized spacial score (nSPS) is 26.2. The monoisotopic (exact) mass is 360 g/mol. The first-order valence-corrected chi connectivity index (χ1v) is 7.68. The van der Waals surface area contributed by atoms with E-state index in [0.717, 1.165) is 30.4 Å². The van der Waals surface area contributed by atoms with Gasteiger partial charge in [-0.25, -0.2) is 0 Å². The summed E-state index contributed by atoms with van der Waals surface area (Å²) in [5.74, 6) is 0.421. The lowest BCUT2D eigenvalue weighted by Crippen LogP contribution is -2.10. The first-order chi connectivity index (χ1) is 9.02. The van der Waals surface area contributed by atoms with Crippen molar-refractivity contribution in [1.82, 2.24) is 0 Å². The van der Waals surface area contributed by atoms with Crippen LogP contribution >= 0.6 is 39.1 Å². The maximum atomic E-state index is 12.2. The number of fused-ring (bicyclic) bond motifs is 1. The lowest BCUT2D eigenvalue weighted by Gasteiger charge is -2.15. The molecular weight excluding hydrogens is 351 g/mol. The fraction of sp³-hybridized carbons (Fsp3) is 0.357. The number of aromatic hydroxyl groups is 1. The molecule has 0 spiro atoms. The van der Waals surface area contributed by atoms with Crippen molar-refractivity contribution in [3.8, 4) is 5.75 Å². The van der Waals surface area contributed by atoms with Gasteiger partial charge in [-0.1, -0.05) is 29.6 Å². The van der Waals surface area contributed by atoms with Gasteiger partial charge in [-0.2, -0.15) is 0 Å². The molecule has 0 bridgehead atoms. The Balaban J connectivity index is 2.16. The lowest BCUT2D eigenvalue weighted by molar-refractivity contribution is -0.118. The molecule has 1 aromatic rings. The molecule has 2 aliphatic carbocycles. The Morgan fingerprint density at radius 3 is 2.58 bits per heavy atom. The number of phenols is 1. The first kappa shape index (κ1) is 13.5. The van der Waals surface area contributed by atoms with E-state index >= 15 is 0 Å². The molecule has 19 heavy (non-hydrogen) atoms. The minimum absolute atomic E-state index is 0.0422. The van der Waals surface area contributed by atoms with Crippen molar-refractivity contribution in [3.05, 3.63) is 32.2 Å². The van der Waals surface area contributed by atoms with E-state index in [-0.39, 0.29) is 28.4 Å². The van der Waals surface area contributed by atoms with Crippen LogP contribution in [0.3, 0.4) is 0 Å². The average molecular weight is 362 g/mol. The summed E-state index contributed by atoms with van der Waals surface area (Å²) in [5, 5.41) is 10.0. The molecule has 0 heterocycles. The van der Waals surface area contributed by atoms with Crippen LogP contribution in [0, 0.1) is 11.8 Å². The minimum Gasteiger partial charge on any atom is -0.506 e. The number of Topliss-reactive ketones (excluding diaryl/α,β-unsaturated/α-hetero) is 1. The van der Waals surface area contributed by atoms with Crippen LogP contribution in [0.15, 0.2) is 16.6 Å². The van der Waals surface area contributed by atoms with Crippen LogP contribution in [0.2, 0.25) is 10.0 Å². The highest BCUT2D eigenvalue weighted by Crippen LogP contribution is 2.53. The lowest BCUT2D eigenvalue weighted by atomic mass is 9.90. The predicted molar refractivity (Wildman–Crippen MR) is 79.8 cm³/mol. The minimum atomic E-state index is -0.0422. The summed E-state index contributed by atoms with van der Waals surface area (Å²) < 4.78 is 0.617. The number of hydrogen-bond donors (Lipinski definition) is 1. The number of halogens is 3. The quantitative estimate of drug-likeness (QED) is 0.779. The third kappa shape index (κ3) is 1.94. The van der Waals surface area contributed by atoms with Gasteiger partial charge in [0.25, 0.3) is 0 Å². The van der Waals surface area contributed by atoms with E-state index in [0.29, 0.717) is 9.51 Å². The van der Waals surface area contributed by atoms with Crippen molar-refractivity contribution in [2.45, 2.75) is 19.3 Å². The van der Waals surface area contributed by atoms with Crippen LogP contribution in [0.25, 0.3) is 5.57 Å². The third-order valence-electron chi connectivity index (χ3n) is 4.03. The number of benzene rings is 1. The Hall–Kier alpha value is -0.510. The Labute approximate surface area is 129 Å². The second-order valence-corrected chi connectivity index (χ2v) is 6.54. The molecule has 1 saturated carbocycles. The van der Waals surface area contributed by atoms with Gasteiger partial charge in [-0.15, -0.1) is 0 Å². The molecule has 1 aromatic carbocycles. The zero-order valence-electron chi connectivity index (χ0n) is 9.92. The van der Waals surface area contributed by atoms with E-state index in [9.17, 15) is 9.90 Å². The number of ketones is 1. The number of carbonyl (C=O) groups is 1. The van der Waals surface area contributed by atoms with Crippen molar-refractivity contribution in [1.29, 1.82) is 0 Å². The molecule has 1 N–H and O–H groups in total. The summed E-state index contributed by atoms with van der Waals surface area (Å²) in [7, 11) is 0.